The molecule has 0 atom stereocenters. The van der Waals surface area contributed by atoms with Gasteiger partial charge in [-0.2, -0.15) is 0 Å². The maximum absolute atomic E-state index is 5.53. The van der Waals surface area contributed by atoms with Crippen LogP contribution >= 0.6 is 0 Å². The second-order valence-corrected chi connectivity index (χ2v) is 2.15. The van der Waals surface area contributed by atoms with E-state index in [2.05, 4.69) is 0 Å². The van der Waals surface area contributed by atoms with Crippen molar-refractivity contribution in [2.24, 2.45) is 5.73 Å². The highest BCUT2D eigenvalue weighted by Crippen LogP contribution is 1.68. The standard InChI is InChI=1S/C5H13N3.BrH/c1-7(2)5(6)8(3)4;/h6H,1-4H3;1H. The van der Waals surface area contributed by atoms with Gasteiger partial charge in [-0.25, -0.2) is 0 Å². The van der Waals surface area contributed by atoms with Crippen LogP contribution in [0.25, 0.3) is 0 Å². The first kappa shape index (κ1) is 11.5. The number of hydrogen-bond acceptors (Lipinski definition) is 0. The average Bonchev–Trinajstić information content (AvgIpc) is 1.64. The molecule has 9 heavy (non-hydrogen) atoms. The Morgan fingerprint density at radius 1 is 1.33 bits per heavy atom. The Hall–Kier alpha value is -0.250. The Kier molecular flexibility index (Phi) is 5.91. The Morgan fingerprint density at radius 2 is 1.67 bits per heavy atom. The summed E-state index contributed by atoms with van der Waals surface area (Å²) in [6.45, 7) is 0. The topological polar surface area (TPSA) is 32.3 Å². The van der Waals surface area contributed by atoms with Gasteiger partial charge < -0.3 is 17.0 Å². The summed E-state index contributed by atoms with van der Waals surface area (Å²) in [5, 5.41) is 0. The van der Waals surface area contributed by atoms with Crippen LogP contribution in [0.5, 0.6) is 0 Å². The fourth-order valence-electron chi connectivity index (χ4n) is 0.400. The van der Waals surface area contributed by atoms with E-state index in [0.29, 0.717) is 0 Å². The second-order valence-electron chi connectivity index (χ2n) is 2.15. The van der Waals surface area contributed by atoms with Gasteiger partial charge in [-0.05, 0) is 0 Å². The number of nitrogens with two attached hydrogens (primary N) is 1. The van der Waals surface area contributed by atoms with Crippen LogP contribution in [-0.4, -0.2) is 43.6 Å². The molecule has 0 aliphatic carbocycles. The molecule has 0 fully saturated rings. The van der Waals surface area contributed by atoms with Crippen molar-refractivity contribution < 1.29 is 21.6 Å². The van der Waals surface area contributed by atoms with Gasteiger partial charge in [-0.3, -0.25) is 15.2 Å². The molecule has 0 unspecified atom stereocenters. The van der Waals surface area contributed by atoms with Crippen LogP contribution in [-0.2, 0) is 0 Å². The maximum Gasteiger partial charge on any atom is 0.344 e. The lowest BCUT2D eigenvalue weighted by Gasteiger charge is -2.04. The largest absolute Gasteiger partial charge is 1.00 e. The number of rotatable bonds is 0. The van der Waals surface area contributed by atoms with Gasteiger partial charge in [0.1, 0.15) is 0 Å². The van der Waals surface area contributed by atoms with Crippen molar-refractivity contribution in [2.45, 2.75) is 0 Å². The van der Waals surface area contributed by atoms with Crippen molar-refractivity contribution in [3.63, 3.8) is 0 Å². The van der Waals surface area contributed by atoms with E-state index in [1.165, 1.54) is 0 Å². The van der Waals surface area contributed by atoms with E-state index in [4.69, 9.17) is 5.73 Å². The first-order chi connectivity index (χ1) is 3.55. The summed E-state index contributed by atoms with van der Waals surface area (Å²) in [6, 6.07) is 0. The molecule has 2 N–H and O–H groups in total. The molecule has 3 nitrogen and oxygen atoms in total. The normalized spacial score (nSPS) is 7.56. The molecule has 0 saturated carbocycles. The third-order valence-corrected chi connectivity index (χ3v) is 0.916. The smallest absolute Gasteiger partial charge is 0.344 e. The highest BCUT2D eigenvalue weighted by atomic mass is 79.9. The van der Waals surface area contributed by atoms with Crippen LogP contribution in [0.4, 0.5) is 0 Å². The molecule has 0 aromatic carbocycles. The summed E-state index contributed by atoms with van der Waals surface area (Å²) in [6.07, 6.45) is 0. The molecule has 0 bridgehead atoms. The quantitative estimate of drug-likeness (QED) is 0.244. The molecule has 0 aliphatic heterocycles. The lowest BCUT2D eigenvalue weighted by atomic mass is 10.8. The average molecular weight is 196 g/mol. The fourth-order valence-corrected chi connectivity index (χ4v) is 0.400. The van der Waals surface area contributed by atoms with E-state index in [1.54, 1.807) is 0 Å². The van der Waals surface area contributed by atoms with E-state index in [9.17, 15) is 0 Å². The molecule has 0 spiro atoms. The Morgan fingerprint density at radius 3 is 1.67 bits per heavy atom. The van der Waals surface area contributed by atoms with Crippen LogP contribution in [0.2, 0.25) is 0 Å². The Labute approximate surface area is 66.9 Å². The second kappa shape index (κ2) is 4.61. The van der Waals surface area contributed by atoms with E-state index < -0.39 is 0 Å². The van der Waals surface area contributed by atoms with Gasteiger partial charge in [0.2, 0.25) is 0 Å². The minimum Gasteiger partial charge on any atom is -1.00 e. The van der Waals surface area contributed by atoms with Crippen molar-refractivity contribution >= 4 is 5.96 Å². The number of hydrogen-bond donors (Lipinski definition) is 1. The van der Waals surface area contributed by atoms with Crippen LogP contribution in [0.1, 0.15) is 0 Å². The predicted molar refractivity (Wildman–Crippen MR) is 35.0 cm³/mol. The van der Waals surface area contributed by atoms with Gasteiger partial charge in [0.15, 0.2) is 0 Å². The minimum atomic E-state index is 0. The molecule has 56 valence electrons. The van der Waals surface area contributed by atoms with Crippen molar-refractivity contribution in [3.05, 3.63) is 0 Å². The van der Waals surface area contributed by atoms with Gasteiger partial charge >= 0.3 is 5.96 Å². The summed E-state index contributed by atoms with van der Waals surface area (Å²) in [5.41, 5.74) is 5.53. The number of halogens is 1. The summed E-state index contributed by atoms with van der Waals surface area (Å²) in [7, 11) is 7.65. The van der Waals surface area contributed by atoms with Gasteiger partial charge in [0, 0.05) is 0 Å². The molecular formula is C5H14BrN3. The summed E-state index contributed by atoms with van der Waals surface area (Å²) in [5.74, 6) is 0.769. The van der Waals surface area contributed by atoms with Crippen molar-refractivity contribution in [3.8, 4) is 0 Å². The molecule has 0 aromatic rings. The van der Waals surface area contributed by atoms with Crippen molar-refractivity contribution in [1.29, 1.82) is 0 Å². The monoisotopic (exact) mass is 195 g/mol. The van der Waals surface area contributed by atoms with Crippen LogP contribution in [0, 0.1) is 0 Å². The zero-order valence-corrected chi connectivity index (χ0v) is 7.94. The molecule has 0 heterocycles. The molecule has 0 aromatic heterocycles. The number of guanidine groups is 1. The zero-order valence-electron chi connectivity index (χ0n) is 6.35. The lowest BCUT2D eigenvalue weighted by Crippen LogP contribution is -3.00. The fraction of sp³-hybridized carbons (Fsp3) is 0.800. The Balaban J connectivity index is 0. The summed E-state index contributed by atoms with van der Waals surface area (Å²) >= 11 is 0. The van der Waals surface area contributed by atoms with E-state index in [-0.39, 0.29) is 17.0 Å². The first-order valence-corrected chi connectivity index (χ1v) is 2.52. The molecule has 0 radical (unpaired) electrons. The summed E-state index contributed by atoms with van der Waals surface area (Å²) in [4.78, 5) is 1.86. The third kappa shape index (κ3) is 4.27. The highest BCUT2D eigenvalue weighted by molar-refractivity contribution is 5.72. The summed E-state index contributed by atoms with van der Waals surface area (Å²) < 4.78 is 1.86. The molecule has 0 rings (SSSR count). The molecule has 0 amide bonds. The van der Waals surface area contributed by atoms with E-state index in [1.807, 2.05) is 37.7 Å². The zero-order chi connectivity index (χ0) is 6.73. The van der Waals surface area contributed by atoms with Gasteiger partial charge in [-0.15, -0.1) is 0 Å². The van der Waals surface area contributed by atoms with Gasteiger partial charge in [0.05, 0.1) is 28.2 Å². The maximum atomic E-state index is 5.53. The SMILES string of the molecule is CN(C)C(N)=[N+](C)C.[Br-]. The highest BCUT2D eigenvalue weighted by Gasteiger charge is 2.00. The van der Waals surface area contributed by atoms with Crippen LogP contribution in [0.15, 0.2) is 0 Å². The first-order valence-electron chi connectivity index (χ1n) is 2.52. The molecule has 0 saturated heterocycles. The molecule has 4 heteroatoms. The third-order valence-electron chi connectivity index (χ3n) is 0.916. The van der Waals surface area contributed by atoms with E-state index in [0.717, 1.165) is 5.96 Å². The minimum absolute atomic E-state index is 0. The van der Waals surface area contributed by atoms with Gasteiger partial charge in [-0.1, -0.05) is 0 Å². The lowest BCUT2D eigenvalue weighted by molar-refractivity contribution is -0.470. The van der Waals surface area contributed by atoms with Gasteiger partial charge in [0.25, 0.3) is 0 Å². The molecule has 0 aliphatic rings. The van der Waals surface area contributed by atoms with Crippen LogP contribution in [0.3, 0.4) is 0 Å². The molecular weight excluding hydrogens is 182 g/mol. The van der Waals surface area contributed by atoms with Crippen LogP contribution < -0.4 is 22.7 Å². The van der Waals surface area contributed by atoms with Crippen molar-refractivity contribution in [1.82, 2.24) is 4.90 Å². The predicted octanol–water partition coefficient (Wildman–Crippen LogP) is -3.86. The Bertz CT molecular complexity index is 105. The van der Waals surface area contributed by atoms with E-state index >= 15 is 0 Å². The van der Waals surface area contributed by atoms with Crippen molar-refractivity contribution in [2.75, 3.05) is 28.2 Å². The number of nitrogens with zero attached hydrogens (tertiary/aromatic N) is 2.